The number of pyridine rings is 1. The highest BCUT2D eigenvalue weighted by atomic mass is 16.5. The molecule has 0 saturated carbocycles. The molecule has 2 aromatic rings. The van der Waals surface area contributed by atoms with Crippen LogP contribution in [0.1, 0.15) is 20.7 Å². The maximum Gasteiger partial charge on any atom is 0.338 e. The molecule has 0 aliphatic heterocycles. The number of aromatic nitrogens is 1. The van der Waals surface area contributed by atoms with Gasteiger partial charge in [-0.2, -0.15) is 0 Å². The maximum absolute atomic E-state index is 11.7. The molecule has 0 spiro atoms. The van der Waals surface area contributed by atoms with Crippen LogP contribution in [0.25, 0.3) is 0 Å². The number of benzene rings is 1. The Kier molecular flexibility index (Phi) is 4.83. The van der Waals surface area contributed by atoms with Gasteiger partial charge in [0.2, 0.25) is 0 Å². The number of carbonyl (C=O) groups excluding carboxylic acids is 2. The molecule has 0 bridgehead atoms. The van der Waals surface area contributed by atoms with Crippen LogP contribution in [0.2, 0.25) is 0 Å². The van der Waals surface area contributed by atoms with E-state index in [4.69, 9.17) is 4.74 Å². The summed E-state index contributed by atoms with van der Waals surface area (Å²) in [6.07, 6.45) is 3.07. The fourth-order valence-electron chi connectivity index (χ4n) is 1.56. The van der Waals surface area contributed by atoms with Crippen LogP contribution in [-0.4, -0.2) is 30.0 Å². The third kappa shape index (κ3) is 3.91. The van der Waals surface area contributed by atoms with Crippen LogP contribution >= 0.6 is 0 Å². The molecule has 0 aliphatic rings. The van der Waals surface area contributed by atoms with Crippen LogP contribution < -0.4 is 5.32 Å². The van der Waals surface area contributed by atoms with Crippen LogP contribution in [0.4, 0.5) is 0 Å². The lowest BCUT2D eigenvalue weighted by Gasteiger charge is -2.06. The molecule has 0 fully saturated rings. The second-order valence-corrected chi connectivity index (χ2v) is 4.00. The summed E-state index contributed by atoms with van der Waals surface area (Å²) < 4.78 is 5.05. The molecule has 1 N–H and O–H groups in total. The lowest BCUT2D eigenvalue weighted by molar-refractivity contribution is 0.0503. The molecule has 0 aliphatic carbocycles. The molecular formula is C15H14N2O3. The Morgan fingerprint density at radius 2 is 1.80 bits per heavy atom. The van der Waals surface area contributed by atoms with E-state index >= 15 is 0 Å². The molecule has 0 atom stereocenters. The fraction of sp³-hybridized carbons (Fsp3) is 0.133. The van der Waals surface area contributed by atoms with Gasteiger partial charge in [0, 0.05) is 12.4 Å². The van der Waals surface area contributed by atoms with Gasteiger partial charge in [0.05, 0.1) is 17.7 Å². The van der Waals surface area contributed by atoms with Gasteiger partial charge in [-0.05, 0) is 24.3 Å². The van der Waals surface area contributed by atoms with Crippen molar-refractivity contribution >= 4 is 11.9 Å². The summed E-state index contributed by atoms with van der Waals surface area (Å²) in [7, 11) is 0. The topological polar surface area (TPSA) is 68.3 Å². The molecular weight excluding hydrogens is 256 g/mol. The Balaban J connectivity index is 1.72. The quantitative estimate of drug-likeness (QED) is 0.663. The van der Waals surface area contributed by atoms with Crippen LogP contribution in [0.15, 0.2) is 54.9 Å². The monoisotopic (exact) mass is 270 g/mol. The van der Waals surface area contributed by atoms with E-state index < -0.39 is 5.97 Å². The molecule has 1 aromatic carbocycles. The first-order valence-corrected chi connectivity index (χ1v) is 6.18. The van der Waals surface area contributed by atoms with E-state index in [0.717, 1.165) is 0 Å². The molecule has 1 aromatic heterocycles. The lowest BCUT2D eigenvalue weighted by atomic mass is 10.2. The van der Waals surface area contributed by atoms with E-state index in [1.807, 2.05) is 6.07 Å². The van der Waals surface area contributed by atoms with Gasteiger partial charge in [-0.1, -0.05) is 18.2 Å². The molecule has 0 saturated heterocycles. The van der Waals surface area contributed by atoms with Gasteiger partial charge in [0.15, 0.2) is 0 Å². The first-order chi connectivity index (χ1) is 9.77. The molecule has 2 rings (SSSR count). The molecule has 5 nitrogen and oxygen atoms in total. The third-order valence-corrected chi connectivity index (χ3v) is 2.55. The summed E-state index contributed by atoms with van der Waals surface area (Å²) in [5, 5.41) is 2.65. The average molecular weight is 270 g/mol. The second kappa shape index (κ2) is 7.04. The molecule has 1 amide bonds. The van der Waals surface area contributed by atoms with Crippen molar-refractivity contribution in [2.45, 2.75) is 0 Å². The summed E-state index contributed by atoms with van der Waals surface area (Å²) >= 11 is 0. The molecule has 0 radical (unpaired) electrons. The lowest BCUT2D eigenvalue weighted by Crippen LogP contribution is -2.28. The minimum atomic E-state index is -0.402. The highest BCUT2D eigenvalue weighted by Gasteiger charge is 2.07. The summed E-state index contributed by atoms with van der Waals surface area (Å²) in [4.78, 5) is 27.1. The van der Waals surface area contributed by atoms with Crippen molar-refractivity contribution in [3.8, 4) is 0 Å². The van der Waals surface area contributed by atoms with E-state index in [1.54, 1.807) is 42.6 Å². The number of nitrogens with one attached hydrogen (secondary N) is 1. The zero-order valence-corrected chi connectivity index (χ0v) is 10.8. The van der Waals surface area contributed by atoms with Crippen molar-refractivity contribution in [2.75, 3.05) is 13.2 Å². The third-order valence-electron chi connectivity index (χ3n) is 2.55. The Morgan fingerprint density at radius 1 is 1.05 bits per heavy atom. The van der Waals surface area contributed by atoms with Crippen LogP contribution in [0.5, 0.6) is 0 Å². The first kappa shape index (κ1) is 13.7. The molecule has 102 valence electrons. The number of amides is 1. The van der Waals surface area contributed by atoms with E-state index in [9.17, 15) is 9.59 Å². The van der Waals surface area contributed by atoms with Crippen molar-refractivity contribution in [2.24, 2.45) is 0 Å². The highest BCUT2D eigenvalue weighted by Crippen LogP contribution is 2.00. The number of hydrogen-bond donors (Lipinski definition) is 1. The number of esters is 1. The Hall–Kier alpha value is -2.69. The summed E-state index contributed by atoms with van der Waals surface area (Å²) in [5.74, 6) is -0.643. The maximum atomic E-state index is 11.7. The van der Waals surface area contributed by atoms with Gasteiger partial charge < -0.3 is 10.1 Å². The standard InChI is InChI=1S/C15H14N2O3/c18-14(13-7-4-8-16-11-13)17-9-10-20-15(19)12-5-2-1-3-6-12/h1-8,11H,9-10H2,(H,17,18). The molecule has 20 heavy (non-hydrogen) atoms. The predicted molar refractivity (Wildman–Crippen MR) is 73.3 cm³/mol. The van der Waals surface area contributed by atoms with Gasteiger partial charge in [0.1, 0.15) is 6.61 Å². The number of ether oxygens (including phenoxy) is 1. The summed E-state index contributed by atoms with van der Waals surface area (Å²) in [5.41, 5.74) is 0.966. The number of hydrogen-bond acceptors (Lipinski definition) is 4. The number of nitrogens with zero attached hydrogens (tertiary/aromatic N) is 1. The summed E-state index contributed by atoms with van der Waals surface area (Å²) in [6.45, 7) is 0.381. The minimum Gasteiger partial charge on any atom is -0.460 e. The van der Waals surface area contributed by atoms with Crippen molar-refractivity contribution in [1.29, 1.82) is 0 Å². The second-order valence-electron chi connectivity index (χ2n) is 4.00. The summed E-state index contributed by atoms with van der Waals surface area (Å²) in [6, 6.07) is 12.1. The van der Waals surface area contributed by atoms with Gasteiger partial charge in [-0.25, -0.2) is 4.79 Å². The zero-order chi connectivity index (χ0) is 14.2. The van der Waals surface area contributed by atoms with Crippen LogP contribution in [-0.2, 0) is 4.74 Å². The van der Waals surface area contributed by atoms with Gasteiger partial charge in [0.25, 0.3) is 5.91 Å². The highest BCUT2D eigenvalue weighted by molar-refractivity contribution is 5.93. The first-order valence-electron chi connectivity index (χ1n) is 6.18. The number of rotatable bonds is 5. The average Bonchev–Trinajstić information content (AvgIpc) is 2.53. The Labute approximate surface area is 116 Å². The van der Waals surface area contributed by atoms with Crippen molar-refractivity contribution in [1.82, 2.24) is 10.3 Å². The largest absolute Gasteiger partial charge is 0.460 e. The van der Waals surface area contributed by atoms with E-state index in [0.29, 0.717) is 11.1 Å². The van der Waals surface area contributed by atoms with Gasteiger partial charge in [-0.3, -0.25) is 9.78 Å². The van der Waals surface area contributed by atoms with Crippen molar-refractivity contribution in [3.63, 3.8) is 0 Å². The molecule has 0 unspecified atom stereocenters. The predicted octanol–water partition coefficient (Wildman–Crippen LogP) is 1.67. The minimum absolute atomic E-state index is 0.125. The van der Waals surface area contributed by atoms with E-state index in [-0.39, 0.29) is 19.1 Å². The normalized spacial score (nSPS) is 9.80. The van der Waals surface area contributed by atoms with Crippen LogP contribution in [0.3, 0.4) is 0 Å². The van der Waals surface area contributed by atoms with Crippen molar-refractivity contribution in [3.05, 3.63) is 66.0 Å². The smallest absolute Gasteiger partial charge is 0.338 e. The molecule has 1 heterocycles. The zero-order valence-electron chi connectivity index (χ0n) is 10.8. The van der Waals surface area contributed by atoms with Gasteiger partial charge in [-0.15, -0.1) is 0 Å². The van der Waals surface area contributed by atoms with E-state index in [1.165, 1.54) is 6.20 Å². The van der Waals surface area contributed by atoms with Gasteiger partial charge >= 0.3 is 5.97 Å². The SMILES string of the molecule is O=C(NCCOC(=O)c1ccccc1)c1cccnc1. The number of carbonyl (C=O) groups is 2. The fourth-order valence-corrected chi connectivity index (χ4v) is 1.56. The molecule has 5 heteroatoms. The Bertz CT molecular complexity index is 517. The Morgan fingerprint density at radius 3 is 2.50 bits per heavy atom. The van der Waals surface area contributed by atoms with Crippen LogP contribution in [0, 0.1) is 0 Å². The van der Waals surface area contributed by atoms with E-state index in [2.05, 4.69) is 10.3 Å². The van der Waals surface area contributed by atoms with Crippen molar-refractivity contribution < 1.29 is 14.3 Å².